The lowest BCUT2D eigenvalue weighted by Gasteiger charge is -2.19. The second-order valence-corrected chi connectivity index (χ2v) is 4.04. The van der Waals surface area contributed by atoms with Crippen molar-refractivity contribution in [2.45, 2.75) is 37.9 Å². The molecule has 1 rings (SSSR count). The van der Waals surface area contributed by atoms with Crippen LogP contribution in [0.4, 0.5) is 0 Å². The van der Waals surface area contributed by atoms with Gasteiger partial charge in [-0.15, -0.1) is 0 Å². The van der Waals surface area contributed by atoms with Crippen molar-refractivity contribution in [1.29, 1.82) is 0 Å². The quantitative estimate of drug-likeness (QED) is 0.489. The van der Waals surface area contributed by atoms with Crippen LogP contribution in [-0.4, -0.2) is 63.9 Å². The van der Waals surface area contributed by atoms with Crippen molar-refractivity contribution in [1.82, 2.24) is 4.90 Å². The minimum absolute atomic E-state index is 0.326. The van der Waals surface area contributed by atoms with Gasteiger partial charge in [0.05, 0.1) is 6.61 Å². The van der Waals surface area contributed by atoms with Gasteiger partial charge < -0.3 is 21.1 Å². The maximum absolute atomic E-state index is 10.4. The molecule has 0 bridgehead atoms. The first-order valence-corrected chi connectivity index (χ1v) is 5.35. The lowest BCUT2D eigenvalue weighted by molar-refractivity contribution is -0.142. The number of aliphatic hydroxyl groups excluding tert-OH is 1. The molecule has 1 saturated carbocycles. The number of carboxylic acids is 2. The smallest absolute Gasteiger partial charge is 0.322 e. The minimum Gasteiger partial charge on any atom is -0.480 e. The Hall–Kier alpha value is -1.18. The highest BCUT2D eigenvalue weighted by Crippen LogP contribution is 2.26. The molecule has 2 atom stereocenters. The Kier molecular flexibility index (Phi) is 6.71. The lowest BCUT2D eigenvalue weighted by atomic mass is 10.3. The Morgan fingerprint density at radius 3 is 2.00 bits per heavy atom. The van der Waals surface area contributed by atoms with Crippen LogP contribution in [0.25, 0.3) is 0 Å². The molecule has 0 aromatic rings. The number of nitrogens with two attached hydrogens (primary N) is 1. The zero-order valence-corrected chi connectivity index (χ0v) is 10.0. The highest BCUT2D eigenvalue weighted by Gasteiger charge is 2.31. The van der Waals surface area contributed by atoms with E-state index in [-0.39, 0.29) is 6.04 Å². The highest BCUT2D eigenvalue weighted by molar-refractivity contribution is 5.73. The summed E-state index contributed by atoms with van der Waals surface area (Å²) in [5.74, 6) is -1.91. The van der Waals surface area contributed by atoms with Crippen LogP contribution < -0.4 is 5.73 Å². The van der Waals surface area contributed by atoms with Gasteiger partial charge in [-0.3, -0.25) is 14.5 Å². The average molecular weight is 248 g/mol. The predicted octanol–water partition coefficient (Wildman–Crippen LogP) is -1.06. The molecule has 2 unspecified atom stereocenters. The maximum Gasteiger partial charge on any atom is 0.322 e. The Morgan fingerprint density at radius 2 is 1.82 bits per heavy atom. The van der Waals surface area contributed by atoms with Crippen LogP contribution in [-0.2, 0) is 9.59 Å². The fraction of sp³-hybridized carbons (Fsp3) is 0.800. The number of aliphatic hydroxyl groups is 1. The largest absolute Gasteiger partial charge is 0.480 e. The zero-order valence-electron chi connectivity index (χ0n) is 10.0. The molecule has 7 nitrogen and oxygen atoms in total. The van der Waals surface area contributed by atoms with Crippen molar-refractivity contribution in [3.63, 3.8) is 0 Å². The van der Waals surface area contributed by atoms with E-state index in [1.54, 1.807) is 6.92 Å². The van der Waals surface area contributed by atoms with Gasteiger partial charge in [-0.05, 0) is 26.8 Å². The number of rotatable bonds is 5. The number of likely N-dealkylation sites (N-methyl/N-ethyl adjacent to an activating group) is 1. The summed E-state index contributed by atoms with van der Waals surface area (Å²) in [6, 6.07) is -0.918. The molecule has 7 heteroatoms. The molecule has 0 radical (unpaired) electrons. The van der Waals surface area contributed by atoms with E-state index in [1.807, 2.05) is 11.9 Å². The van der Waals surface area contributed by atoms with E-state index in [9.17, 15) is 9.59 Å². The summed E-state index contributed by atoms with van der Waals surface area (Å²) in [5, 5.41) is 24.5. The van der Waals surface area contributed by atoms with Gasteiger partial charge in [0.15, 0.2) is 0 Å². The van der Waals surface area contributed by atoms with Crippen molar-refractivity contribution in [2.24, 2.45) is 5.73 Å². The van der Waals surface area contributed by atoms with E-state index in [0.29, 0.717) is 6.04 Å². The number of aliphatic carboxylic acids is 2. The molecule has 100 valence electrons. The fourth-order valence-electron chi connectivity index (χ4n) is 1.05. The van der Waals surface area contributed by atoms with Gasteiger partial charge in [0.25, 0.3) is 0 Å². The van der Waals surface area contributed by atoms with Crippen LogP contribution in [0.1, 0.15) is 19.8 Å². The standard InChI is InChI=1S/C7H13NO2.C3H7NO3/c1-5(7(9)10)8(2)6-3-4-6;4-2(1-5)3(6)7/h5-6H,3-4H2,1-2H3,(H,9,10);2,5H,1,4H2,(H,6,7). The SMILES string of the molecule is CC(C(=O)O)N(C)C1CC1.NC(CO)C(=O)O. The second-order valence-electron chi connectivity index (χ2n) is 4.04. The minimum atomic E-state index is -1.18. The maximum atomic E-state index is 10.4. The number of carboxylic acid groups (broad SMARTS) is 2. The molecule has 0 spiro atoms. The third kappa shape index (κ3) is 6.20. The molecule has 0 aliphatic heterocycles. The van der Waals surface area contributed by atoms with E-state index in [4.69, 9.17) is 21.1 Å². The molecule has 0 heterocycles. The molecule has 5 N–H and O–H groups in total. The topological polar surface area (TPSA) is 124 Å². The molecular formula is C10H20N2O5. The summed E-state index contributed by atoms with van der Waals surface area (Å²) in [6.45, 7) is 1.22. The molecule has 0 amide bonds. The number of carbonyl (C=O) groups is 2. The van der Waals surface area contributed by atoms with E-state index < -0.39 is 24.6 Å². The lowest BCUT2D eigenvalue weighted by Crippen LogP contribution is -2.37. The summed E-state index contributed by atoms with van der Waals surface area (Å²) >= 11 is 0. The molecule has 1 aliphatic rings. The van der Waals surface area contributed by atoms with Crippen LogP contribution in [0.2, 0.25) is 0 Å². The third-order valence-electron chi connectivity index (χ3n) is 2.61. The summed E-state index contributed by atoms with van der Waals surface area (Å²) in [6.07, 6.45) is 2.32. The van der Waals surface area contributed by atoms with Gasteiger partial charge in [-0.2, -0.15) is 0 Å². The monoisotopic (exact) mass is 248 g/mol. The van der Waals surface area contributed by atoms with Gasteiger partial charge in [-0.25, -0.2) is 0 Å². The van der Waals surface area contributed by atoms with Crippen molar-refractivity contribution in [3.8, 4) is 0 Å². The number of hydrogen-bond acceptors (Lipinski definition) is 5. The van der Waals surface area contributed by atoms with Gasteiger partial charge >= 0.3 is 11.9 Å². The first kappa shape index (κ1) is 15.8. The predicted molar refractivity (Wildman–Crippen MR) is 60.6 cm³/mol. The summed E-state index contributed by atoms with van der Waals surface area (Å²) in [5.41, 5.74) is 4.77. The second kappa shape index (κ2) is 7.21. The molecule has 1 fully saturated rings. The van der Waals surface area contributed by atoms with Gasteiger partial charge in [-0.1, -0.05) is 0 Å². The van der Waals surface area contributed by atoms with E-state index in [1.165, 1.54) is 0 Å². The Morgan fingerprint density at radius 1 is 1.35 bits per heavy atom. The van der Waals surface area contributed by atoms with Crippen LogP contribution in [0, 0.1) is 0 Å². The Balaban J connectivity index is 0.000000325. The van der Waals surface area contributed by atoms with Crippen LogP contribution in [0.5, 0.6) is 0 Å². The van der Waals surface area contributed by atoms with Crippen LogP contribution in [0.15, 0.2) is 0 Å². The number of hydrogen-bond donors (Lipinski definition) is 4. The molecule has 1 aliphatic carbocycles. The molecular weight excluding hydrogens is 228 g/mol. The zero-order chi connectivity index (χ0) is 13.6. The molecule has 0 saturated heterocycles. The van der Waals surface area contributed by atoms with Crippen molar-refractivity contribution in [2.75, 3.05) is 13.7 Å². The van der Waals surface area contributed by atoms with Crippen molar-refractivity contribution in [3.05, 3.63) is 0 Å². The molecule has 0 aromatic carbocycles. The average Bonchev–Trinajstić information content (AvgIpc) is 3.10. The third-order valence-corrected chi connectivity index (χ3v) is 2.61. The van der Waals surface area contributed by atoms with E-state index in [0.717, 1.165) is 12.8 Å². The van der Waals surface area contributed by atoms with E-state index >= 15 is 0 Å². The summed E-state index contributed by atoms with van der Waals surface area (Å²) in [4.78, 5) is 22.0. The Labute approximate surface area is 99.8 Å². The summed E-state index contributed by atoms with van der Waals surface area (Å²) in [7, 11) is 1.87. The summed E-state index contributed by atoms with van der Waals surface area (Å²) < 4.78 is 0. The van der Waals surface area contributed by atoms with Crippen LogP contribution >= 0.6 is 0 Å². The van der Waals surface area contributed by atoms with Gasteiger partial charge in [0.1, 0.15) is 12.1 Å². The normalized spacial score (nSPS) is 17.9. The first-order valence-electron chi connectivity index (χ1n) is 5.35. The fourth-order valence-corrected chi connectivity index (χ4v) is 1.05. The van der Waals surface area contributed by atoms with E-state index in [2.05, 4.69) is 0 Å². The van der Waals surface area contributed by atoms with Gasteiger partial charge in [0, 0.05) is 6.04 Å². The molecule has 17 heavy (non-hydrogen) atoms. The first-order chi connectivity index (χ1) is 7.81. The van der Waals surface area contributed by atoms with Crippen LogP contribution in [0.3, 0.4) is 0 Å². The molecule has 0 aromatic heterocycles. The van der Waals surface area contributed by atoms with Crippen molar-refractivity contribution >= 4 is 11.9 Å². The Bertz CT molecular complexity index is 267. The highest BCUT2D eigenvalue weighted by atomic mass is 16.4. The number of nitrogens with zero attached hydrogens (tertiary/aromatic N) is 1. The van der Waals surface area contributed by atoms with Gasteiger partial charge in [0.2, 0.25) is 0 Å². The van der Waals surface area contributed by atoms with Crippen molar-refractivity contribution < 1.29 is 24.9 Å².